The summed E-state index contributed by atoms with van der Waals surface area (Å²) < 4.78 is 5.72. The van der Waals surface area contributed by atoms with Crippen molar-refractivity contribution in [3.63, 3.8) is 0 Å². The lowest BCUT2D eigenvalue weighted by atomic mass is 9.68. The quantitative estimate of drug-likeness (QED) is 0.473. The molecule has 2 bridgehead atoms. The number of carbonyl (C=O) groups is 3. The average Bonchev–Trinajstić information content (AvgIpc) is 3.65. The van der Waals surface area contributed by atoms with E-state index in [4.69, 9.17) is 4.74 Å². The lowest BCUT2D eigenvalue weighted by Crippen LogP contribution is -2.42. The topological polar surface area (TPSA) is 109 Å². The smallest absolute Gasteiger partial charge is 0.305 e. The van der Waals surface area contributed by atoms with Gasteiger partial charge in [0.1, 0.15) is 12.3 Å². The minimum atomic E-state index is -0.437. The number of hydrogen-bond acceptors (Lipinski definition) is 7. The van der Waals surface area contributed by atoms with E-state index in [1.807, 2.05) is 42.5 Å². The molecule has 38 heavy (non-hydrogen) atoms. The van der Waals surface area contributed by atoms with Gasteiger partial charge in [-0.15, -0.1) is 11.8 Å². The fourth-order valence-electron chi connectivity index (χ4n) is 7.37. The lowest BCUT2D eigenvalue weighted by molar-refractivity contribution is -0.143. The molecule has 7 rings (SSSR count). The van der Waals surface area contributed by atoms with Crippen LogP contribution in [-0.4, -0.2) is 46.5 Å². The monoisotopic (exact) mass is 547 g/mol. The molecule has 3 fully saturated rings. The number of para-hydroxylation sites is 2. The second-order valence-electron chi connectivity index (χ2n) is 10.4. The van der Waals surface area contributed by atoms with E-state index in [0.29, 0.717) is 5.69 Å². The van der Waals surface area contributed by atoms with Crippen molar-refractivity contribution in [3.8, 4) is 5.75 Å². The Morgan fingerprint density at radius 2 is 1.74 bits per heavy atom. The Kier molecular flexibility index (Phi) is 5.52. The Labute approximate surface area is 226 Å². The second kappa shape index (κ2) is 8.84. The fraction of sp³-hybridized carbons (Fsp3) is 0.357. The van der Waals surface area contributed by atoms with Gasteiger partial charge in [-0.3, -0.25) is 24.1 Å². The van der Waals surface area contributed by atoms with E-state index < -0.39 is 11.8 Å². The molecule has 3 amide bonds. The number of thioether (sulfide) groups is 1. The Hall–Kier alpha value is -3.37. The highest BCUT2D eigenvalue weighted by Crippen LogP contribution is 2.68. The first-order valence-electron chi connectivity index (χ1n) is 12.7. The third-order valence-electron chi connectivity index (χ3n) is 8.65. The zero-order valence-electron chi connectivity index (χ0n) is 20.5. The van der Waals surface area contributed by atoms with Gasteiger partial charge in [-0.1, -0.05) is 47.7 Å². The number of nitrogens with zero attached hydrogens (tertiary/aromatic N) is 1. The van der Waals surface area contributed by atoms with Gasteiger partial charge in [-0.2, -0.15) is 0 Å². The number of imide groups is 1. The number of methoxy groups -OCH3 is 1. The number of aromatic nitrogens is 1. The summed E-state index contributed by atoms with van der Waals surface area (Å²) in [5.41, 5.74) is 1.63. The minimum Gasteiger partial charge on any atom is -0.496 e. The van der Waals surface area contributed by atoms with Crippen LogP contribution in [0.1, 0.15) is 22.8 Å². The molecule has 3 heterocycles. The van der Waals surface area contributed by atoms with Gasteiger partial charge in [0.2, 0.25) is 17.7 Å². The number of carbonyl (C=O) groups excluding carboxylic acids is 3. The third kappa shape index (κ3) is 3.42. The van der Waals surface area contributed by atoms with Crippen LogP contribution in [0.5, 0.6) is 5.75 Å². The van der Waals surface area contributed by atoms with Gasteiger partial charge < -0.3 is 15.0 Å². The van der Waals surface area contributed by atoms with Gasteiger partial charge >= 0.3 is 4.87 Å². The number of H-pyrrole nitrogens is 1. The summed E-state index contributed by atoms with van der Waals surface area (Å²) >= 11 is 2.87. The number of aromatic amines is 1. The number of amides is 3. The van der Waals surface area contributed by atoms with Crippen molar-refractivity contribution in [2.75, 3.05) is 19.0 Å². The molecule has 194 valence electrons. The molecule has 2 aliphatic carbocycles. The van der Waals surface area contributed by atoms with E-state index in [-0.39, 0.29) is 58.1 Å². The Balaban J connectivity index is 1.22. The summed E-state index contributed by atoms with van der Waals surface area (Å²) in [6.45, 7) is -0.280. The number of hydrogen-bond donors (Lipinski definition) is 2. The number of likely N-dealkylation sites (tertiary alicyclic amines) is 1. The number of nitrogens with one attached hydrogen (secondary N) is 2. The molecule has 3 aromatic rings. The first kappa shape index (κ1) is 23.7. The number of rotatable bonds is 5. The van der Waals surface area contributed by atoms with E-state index in [1.54, 1.807) is 31.0 Å². The molecule has 1 saturated heterocycles. The molecule has 8 nitrogen and oxygen atoms in total. The molecule has 2 aromatic carbocycles. The van der Waals surface area contributed by atoms with Crippen molar-refractivity contribution in [2.24, 2.45) is 29.6 Å². The molecular weight excluding hydrogens is 522 g/mol. The largest absolute Gasteiger partial charge is 0.496 e. The number of thiazole rings is 1. The number of benzene rings is 2. The van der Waals surface area contributed by atoms with Crippen LogP contribution in [0.3, 0.4) is 0 Å². The van der Waals surface area contributed by atoms with Crippen LogP contribution in [0, 0.1) is 29.6 Å². The summed E-state index contributed by atoms with van der Waals surface area (Å²) in [6, 6.07) is 16.9. The van der Waals surface area contributed by atoms with Crippen LogP contribution in [0.25, 0.3) is 0 Å². The van der Waals surface area contributed by atoms with Crippen molar-refractivity contribution >= 4 is 46.5 Å². The van der Waals surface area contributed by atoms with Crippen molar-refractivity contribution in [1.82, 2.24) is 9.88 Å². The highest BCUT2D eigenvalue weighted by atomic mass is 32.2. The van der Waals surface area contributed by atoms with Gasteiger partial charge in [0.15, 0.2) is 0 Å². The third-order valence-corrected chi connectivity index (χ3v) is 11.2. The molecule has 6 unspecified atom stereocenters. The van der Waals surface area contributed by atoms with Gasteiger partial charge in [0.25, 0.3) is 0 Å². The molecule has 2 N–H and O–H groups in total. The van der Waals surface area contributed by atoms with E-state index in [0.717, 1.165) is 27.6 Å². The van der Waals surface area contributed by atoms with Crippen LogP contribution in [0.4, 0.5) is 5.69 Å². The van der Waals surface area contributed by atoms with Crippen molar-refractivity contribution < 1.29 is 19.1 Å². The molecule has 4 aliphatic rings. The standard InChI is InChI=1S/C28H25N3O5S2/c1-36-17-10-6-5-9-14(17)19-20-15-11-16(23(20)37-25-24(19)38-28(35)30-25)22-21(15)26(33)31(27(22)34)12-18(32)29-13-7-3-2-4-8-13/h2-10,15-16,19-23H,11-12H2,1H3,(H,29,32)(H,30,35)/t15?,16?,19-,20?,21?,22?,23?/m1/s1. The molecule has 2 aliphatic heterocycles. The first-order valence-corrected chi connectivity index (χ1v) is 14.4. The van der Waals surface area contributed by atoms with Crippen LogP contribution in [0.2, 0.25) is 0 Å². The lowest BCUT2D eigenvalue weighted by Gasteiger charge is -2.43. The van der Waals surface area contributed by atoms with Gasteiger partial charge in [0, 0.05) is 27.3 Å². The highest BCUT2D eigenvalue weighted by Gasteiger charge is 2.69. The maximum absolute atomic E-state index is 13.7. The van der Waals surface area contributed by atoms with E-state index in [1.165, 1.54) is 16.2 Å². The van der Waals surface area contributed by atoms with Gasteiger partial charge in [0.05, 0.1) is 24.0 Å². The van der Waals surface area contributed by atoms with E-state index in [2.05, 4.69) is 10.3 Å². The SMILES string of the molecule is COc1ccccc1[C@H]1c2sc(=O)[nH]c2SC2C3CC(C4C(=O)N(CC(=O)Nc5ccccc5)C(=O)C34)C21. The maximum Gasteiger partial charge on any atom is 0.305 e. The minimum absolute atomic E-state index is 0.00685. The average molecular weight is 548 g/mol. The van der Waals surface area contributed by atoms with Gasteiger partial charge in [-0.05, 0) is 42.4 Å². The van der Waals surface area contributed by atoms with Crippen LogP contribution < -0.4 is 14.9 Å². The second-order valence-corrected chi connectivity index (χ2v) is 12.6. The number of anilines is 1. The first-order chi connectivity index (χ1) is 18.5. The van der Waals surface area contributed by atoms with Crippen molar-refractivity contribution in [1.29, 1.82) is 0 Å². The predicted molar refractivity (Wildman–Crippen MR) is 143 cm³/mol. The number of ether oxygens (including phenoxy) is 1. The Morgan fingerprint density at radius 1 is 1.03 bits per heavy atom. The summed E-state index contributed by atoms with van der Waals surface area (Å²) in [4.78, 5) is 57.5. The molecular formula is C28H25N3O5S2. The van der Waals surface area contributed by atoms with Crippen LogP contribution in [-0.2, 0) is 14.4 Å². The Morgan fingerprint density at radius 3 is 2.50 bits per heavy atom. The zero-order chi connectivity index (χ0) is 26.1. The molecule has 7 atom stereocenters. The molecule has 0 radical (unpaired) electrons. The van der Waals surface area contributed by atoms with Crippen molar-refractivity contribution in [3.05, 3.63) is 74.7 Å². The summed E-state index contributed by atoms with van der Waals surface area (Å²) in [5, 5.41) is 3.73. The van der Waals surface area contributed by atoms with Crippen LogP contribution in [0.15, 0.2) is 64.4 Å². The van der Waals surface area contributed by atoms with E-state index >= 15 is 0 Å². The summed E-state index contributed by atoms with van der Waals surface area (Å²) in [6.07, 6.45) is 0.796. The zero-order valence-corrected chi connectivity index (χ0v) is 22.1. The van der Waals surface area contributed by atoms with Crippen LogP contribution >= 0.6 is 23.1 Å². The van der Waals surface area contributed by atoms with Crippen molar-refractivity contribution in [2.45, 2.75) is 22.6 Å². The van der Waals surface area contributed by atoms with E-state index in [9.17, 15) is 19.2 Å². The Bertz CT molecular complexity index is 1520. The normalized spacial score (nSPS) is 30.7. The predicted octanol–water partition coefficient (Wildman–Crippen LogP) is 3.56. The summed E-state index contributed by atoms with van der Waals surface area (Å²) in [7, 11) is 1.64. The fourth-order valence-corrected chi connectivity index (χ4v) is 10.3. The molecule has 2 saturated carbocycles. The molecule has 1 aromatic heterocycles. The number of fused-ring (bicyclic) bond motifs is 9. The molecule has 0 spiro atoms. The summed E-state index contributed by atoms with van der Waals surface area (Å²) in [5.74, 6) is -1.01. The van der Waals surface area contributed by atoms with Gasteiger partial charge in [-0.25, -0.2) is 0 Å². The molecule has 10 heteroatoms. The highest BCUT2D eigenvalue weighted by molar-refractivity contribution is 8.00. The maximum atomic E-state index is 13.7.